The second-order valence-electron chi connectivity index (χ2n) is 5.59. The summed E-state index contributed by atoms with van der Waals surface area (Å²) in [5, 5.41) is 0. The smallest absolute Gasteiger partial charge is 0.353 e. The van der Waals surface area contributed by atoms with Gasteiger partial charge in [0.05, 0.1) is 6.61 Å². The Kier molecular flexibility index (Phi) is 3.98. The van der Waals surface area contributed by atoms with Gasteiger partial charge in [-0.3, -0.25) is 4.79 Å². The van der Waals surface area contributed by atoms with Crippen molar-refractivity contribution in [3.05, 3.63) is 71.3 Å². The van der Waals surface area contributed by atoms with Crippen molar-refractivity contribution in [1.29, 1.82) is 0 Å². The van der Waals surface area contributed by atoms with Crippen molar-refractivity contribution in [3.8, 4) is 0 Å². The maximum Gasteiger partial charge on any atom is 0.425 e. The number of ether oxygens (including phenoxy) is 1. The van der Waals surface area contributed by atoms with Crippen LogP contribution in [0.25, 0.3) is 0 Å². The molecule has 0 saturated carbocycles. The Labute approximate surface area is 131 Å². The molecule has 2 aromatic carbocycles. The molecule has 1 aliphatic rings. The van der Waals surface area contributed by atoms with Crippen LogP contribution in [0.4, 0.5) is 13.2 Å². The van der Waals surface area contributed by atoms with Gasteiger partial charge in [0.1, 0.15) is 0 Å². The first-order chi connectivity index (χ1) is 10.9. The van der Waals surface area contributed by atoms with Crippen LogP contribution in [0, 0.1) is 0 Å². The summed E-state index contributed by atoms with van der Waals surface area (Å²) in [4.78, 5) is 12.6. The van der Waals surface area contributed by atoms with E-state index in [1.54, 1.807) is 48.5 Å². The molecule has 0 aliphatic heterocycles. The number of alkyl halides is 3. The Morgan fingerprint density at radius 2 is 1.65 bits per heavy atom. The number of halogens is 3. The van der Waals surface area contributed by atoms with Crippen LogP contribution in [0.3, 0.4) is 0 Å². The quantitative estimate of drug-likeness (QED) is 0.841. The summed E-state index contributed by atoms with van der Waals surface area (Å²) in [6, 6.07) is 15.0. The lowest BCUT2D eigenvalue weighted by Crippen LogP contribution is -2.56. The first kappa shape index (κ1) is 15.7. The first-order valence-corrected chi connectivity index (χ1v) is 7.31. The van der Waals surface area contributed by atoms with Gasteiger partial charge in [0.15, 0.2) is 0 Å². The number of rotatable bonds is 3. The normalized spacial score (nSPS) is 21.1. The van der Waals surface area contributed by atoms with Crippen molar-refractivity contribution >= 4 is 5.78 Å². The number of hydrogen-bond acceptors (Lipinski definition) is 2. The second-order valence-corrected chi connectivity index (χ2v) is 5.59. The van der Waals surface area contributed by atoms with E-state index in [1.807, 2.05) is 0 Å². The highest BCUT2D eigenvalue weighted by atomic mass is 19.4. The number of carbonyl (C=O) groups excluding carboxylic acids is 1. The highest BCUT2D eigenvalue weighted by Gasteiger charge is 2.62. The van der Waals surface area contributed by atoms with Gasteiger partial charge in [-0.05, 0) is 24.0 Å². The molecule has 1 aliphatic carbocycles. The largest absolute Gasteiger partial charge is 0.425 e. The predicted molar refractivity (Wildman–Crippen MR) is 79.1 cm³/mol. The van der Waals surface area contributed by atoms with E-state index in [4.69, 9.17) is 4.74 Å². The molecule has 1 unspecified atom stereocenters. The number of benzene rings is 2. The fraction of sp³-hybridized carbons (Fsp3) is 0.278. The van der Waals surface area contributed by atoms with Gasteiger partial charge in [0, 0.05) is 5.56 Å². The zero-order valence-electron chi connectivity index (χ0n) is 12.3. The Morgan fingerprint density at radius 1 is 1.00 bits per heavy atom. The van der Waals surface area contributed by atoms with Crippen molar-refractivity contribution in [2.45, 2.75) is 31.2 Å². The van der Waals surface area contributed by atoms with E-state index in [-0.39, 0.29) is 25.0 Å². The molecule has 2 nitrogen and oxygen atoms in total. The van der Waals surface area contributed by atoms with Crippen LogP contribution in [0.15, 0.2) is 54.6 Å². The minimum Gasteiger partial charge on any atom is -0.353 e. The van der Waals surface area contributed by atoms with Crippen LogP contribution in [0.2, 0.25) is 0 Å². The second kappa shape index (κ2) is 5.81. The molecule has 0 bridgehead atoms. The number of hydrogen-bond donors (Lipinski definition) is 0. The third kappa shape index (κ3) is 2.77. The van der Waals surface area contributed by atoms with Crippen molar-refractivity contribution in [1.82, 2.24) is 0 Å². The van der Waals surface area contributed by atoms with E-state index in [0.717, 1.165) is 0 Å². The van der Waals surface area contributed by atoms with Gasteiger partial charge in [-0.15, -0.1) is 0 Å². The van der Waals surface area contributed by atoms with E-state index >= 15 is 0 Å². The summed E-state index contributed by atoms with van der Waals surface area (Å²) < 4.78 is 46.3. The number of carbonyl (C=O) groups is 1. The Hall–Kier alpha value is -2.14. The maximum atomic E-state index is 13.7. The molecule has 1 atom stereocenters. The summed E-state index contributed by atoms with van der Waals surface area (Å²) >= 11 is 0. The third-order valence-electron chi connectivity index (χ3n) is 4.16. The first-order valence-electron chi connectivity index (χ1n) is 7.31. The highest BCUT2D eigenvalue weighted by Crippen LogP contribution is 2.43. The monoisotopic (exact) mass is 320 g/mol. The van der Waals surface area contributed by atoms with E-state index in [9.17, 15) is 18.0 Å². The summed E-state index contributed by atoms with van der Waals surface area (Å²) in [5.41, 5.74) is -1.43. The van der Waals surface area contributed by atoms with Crippen molar-refractivity contribution in [3.63, 3.8) is 0 Å². The topological polar surface area (TPSA) is 26.3 Å². The lowest BCUT2D eigenvalue weighted by molar-refractivity contribution is -0.261. The zero-order chi connectivity index (χ0) is 16.5. The lowest BCUT2D eigenvalue weighted by Gasteiger charge is -2.37. The van der Waals surface area contributed by atoms with Gasteiger partial charge in [0.25, 0.3) is 0 Å². The summed E-state index contributed by atoms with van der Waals surface area (Å²) in [6.07, 6.45) is -4.98. The SMILES string of the molecule is O=C1c2ccccc2CCC1(OCc1ccccc1)C(F)(F)F. The molecular formula is C18H15F3O2. The van der Waals surface area contributed by atoms with E-state index < -0.39 is 17.6 Å². The fourth-order valence-corrected chi connectivity index (χ4v) is 2.87. The van der Waals surface area contributed by atoms with E-state index in [0.29, 0.717) is 11.1 Å². The highest BCUT2D eigenvalue weighted by molar-refractivity contribution is 6.05. The van der Waals surface area contributed by atoms with Gasteiger partial charge in [-0.2, -0.15) is 13.2 Å². The Morgan fingerprint density at radius 3 is 2.35 bits per heavy atom. The Bertz CT molecular complexity index is 710. The molecule has 0 radical (unpaired) electrons. The van der Waals surface area contributed by atoms with Crippen LogP contribution in [-0.2, 0) is 17.8 Å². The maximum absolute atomic E-state index is 13.7. The molecule has 0 spiro atoms. The lowest BCUT2D eigenvalue weighted by atomic mass is 9.78. The molecule has 5 heteroatoms. The molecule has 23 heavy (non-hydrogen) atoms. The molecule has 0 heterocycles. The minimum atomic E-state index is -4.76. The zero-order valence-corrected chi connectivity index (χ0v) is 12.3. The minimum absolute atomic E-state index is 0.101. The summed E-state index contributed by atoms with van der Waals surface area (Å²) in [7, 11) is 0. The molecule has 0 N–H and O–H groups in total. The predicted octanol–water partition coefficient (Wildman–Crippen LogP) is 4.33. The summed E-state index contributed by atoms with van der Waals surface area (Å²) in [5.74, 6) is -0.997. The molecular weight excluding hydrogens is 305 g/mol. The van der Waals surface area contributed by atoms with Crippen molar-refractivity contribution in [2.24, 2.45) is 0 Å². The van der Waals surface area contributed by atoms with Gasteiger partial charge >= 0.3 is 6.18 Å². The number of ketones is 1. The molecule has 3 rings (SSSR count). The molecule has 0 saturated heterocycles. The average molecular weight is 320 g/mol. The number of aryl methyl sites for hydroxylation is 1. The van der Waals surface area contributed by atoms with Crippen molar-refractivity contribution < 1.29 is 22.7 Å². The van der Waals surface area contributed by atoms with Crippen molar-refractivity contribution in [2.75, 3.05) is 0 Å². The van der Waals surface area contributed by atoms with Gasteiger partial charge in [-0.25, -0.2) is 0 Å². The number of fused-ring (bicyclic) bond motifs is 1. The van der Waals surface area contributed by atoms with E-state index in [1.165, 1.54) is 6.07 Å². The van der Waals surface area contributed by atoms with Crippen LogP contribution < -0.4 is 0 Å². The van der Waals surface area contributed by atoms with Crippen LogP contribution >= 0.6 is 0 Å². The standard InChI is InChI=1S/C18H15F3O2/c19-18(20,21)17(23-12-13-6-2-1-3-7-13)11-10-14-8-4-5-9-15(14)16(17)22/h1-9H,10-12H2. The van der Waals surface area contributed by atoms with Gasteiger partial charge in [-0.1, -0.05) is 54.6 Å². The van der Waals surface area contributed by atoms with E-state index in [2.05, 4.69) is 0 Å². The summed E-state index contributed by atoms with van der Waals surface area (Å²) in [6.45, 7) is -0.256. The van der Waals surface area contributed by atoms with Gasteiger partial charge in [0.2, 0.25) is 11.4 Å². The van der Waals surface area contributed by atoms with Crippen LogP contribution in [0.5, 0.6) is 0 Å². The molecule has 0 aromatic heterocycles. The van der Waals surface area contributed by atoms with Crippen LogP contribution in [-0.4, -0.2) is 17.6 Å². The fourth-order valence-electron chi connectivity index (χ4n) is 2.87. The Balaban J connectivity index is 1.94. The number of Topliss-reactive ketones (excluding diaryl/α,β-unsaturated/α-hetero) is 1. The third-order valence-corrected chi connectivity index (χ3v) is 4.16. The van der Waals surface area contributed by atoms with Crippen LogP contribution in [0.1, 0.15) is 27.9 Å². The molecule has 2 aromatic rings. The average Bonchev–Trinajstić information content (AvgIpc) is 2.54. The van der Waals surface area contributed by atoms with Gasteiger partial charge < -0.3 is 4.74 Å². The molecule has 120 valence electrons. The molecule has 0 amide bonds. The molecule has 0 fully saturated rings.